The number of piperazine rings is 1. The van der Waals surface area contributed by atoms with Gasteiger partial charge in [-0.1, -0.05) is 0 Å². The average molecular weight is 458 g/mol. The lowest BCUT2D eigenvalue weighted by molar-refractivity contribution is -0.384. The number of ether oxygens (including phenoxy) is 1. The fraction of sp³-hybridized carbons (Fsp3) is 0.455. The first-order chi connectivity index (χ1) is 16.0. The number of hydrogen-bond acceptors (Lipinski definition) is 8. The quantitative estimate of drug-likeness (QED) is 0.495. The number of nitrogens with zero attached hydrogens (tertiary/aromatic N) is 5. The van der Waals surface area contributed by atoms with E-state index in [2.05, 4.69) is 15.2 Å². The van der Waals surface area contributed by atoms with Crippen LogP contribution in [0.5, 0.6) is 0 Å². The SMILES string of the molecule is O=C(c1ccc(F)cc1)N1CCN(c2ccc([N+](=O)[O-])c(NCCN3CCOCC3)n2)CC1. The van der Waals surface area contributed by atoms with Gasteiger partial charge in [0.1, 0.15) is 11.6 Å². The van der Waals surface area contributed by atoms with Crippen LogP contribution in [0.25, 0.3) is 0 Å². The topological polar surface area (TPSA) is 104 Å². The Bertz CT molecular complexity index is 975. The van der Waals surface area contributed by atoms with Crippen molar-refractivity contribution >= 4 is 23.2 Å². The zero-order valence-corrected chi connectivity index (χ0v) is 18.3. The summed E-state index contributed by atoms with van der Waals surface area (Å²) in [4.78, 5) is 34.2. The molecule has 0 aliphatic carbocycles. The minimum absolute atomic E-state index is 0.0640. The van der Waals surface area contributed by atoms with E-state index in [1.54, 1.807) is 11.0 Å². The highest BCUT2D eigenvalue weighted by molar-refractivity contribution is 5.94. The average Bonchev–Trinajstić information content (AvgIpc) is 2.85. The molecule has 176 valence electrons. The Hall–Kier alpha value is -3.31. The Balaban J connectivity index is 1.37. The van der Waals surface area contributed by atoms with Gasteiger partial charge in [-0.25, -0.2) is 9.37 Å². The minimum Gasteiger partial charge on any atom is -0.379 e. The number of anilines is 2. The number of rotatable bonds is 7. The number of hydrogen-bond donors (Lipinski definition) is 1. The third-order valence-electron chi connectivity index (χ3n) is 5.86. The molecule has 1 amide bonds. The van der Waals surface area contributed by atoms with Crippen molar-refractivity contribution < 1.29 is 18.8 Å². The molecule has 4 rings (SSSR count). The van der Waals surface area contributed by atoms with E-state index in [0.717, 1.165) is 19.6 Å². The molecule has 10 nitrogen and oxygen atoms in total. The van der Waals surface area contributed by atoms with E-state index in [1.165, 1.54) is 30.3 Å². The fourth-order valence-corrected chi connectivity index (χ4v) is 3.97. The summed E-state index contributed by atoms with van der Waals surface area (Å²) in [6, 6.07) is 8.63. The molecule has 2 aromatic rings. The number of carbonyl (C=O) groups excluding carboxylic acids is 1. The molecule has 0 bridgehead atoms. The number of nitro groups is 1. The second-order valence-electron chi connectivity index (χ2n) is 7.96. The van der Waals surface area contributed by atoms with Crippen LogP contribution < -0.4 is 10.2 Å². The van der Waals surface area contributed by atoms with Gasteiger partial charge in [-0.2, -0.15) is 0 Å². The van der Waals surface area contributed by atoms with Gasteiger partial charge in [-0.05, 0) is 30.3 Å². The number of aromatic nitrogens is 1. The normalized spacial score (nSPS) is 17.1. The van der Waals surface area contributed by atoms with Crippen molar-refractivity contribution in [1.82, 2.24) is 14.8 Å². The van der Waals surface area contributed by atoms with Crippen molar-refractivity contribution in [2.24, 2.45) is 0 Å². The van der Waals surface area contributed by atoms with Crippen LogP contribution >= 0.6 is 0 Å². The largest absolute Gasteiger partial charge is 0.379 e. The number of halogens is 1. The van der Waals surface area contributed by atoms with Crippen LogP contribution in [0, 0.1) is 15.9 Å². The smallest absolute Gasteiger partial charge is 0.311 e. The fourth-order valence-electron chi connectivity index (χ4n) is 3.97. The van der Waals surface area contributed by atoms with E-state index < -0.39 is 4.92 Å². The molecular weight excluding hydrogens is 431 g/mol. The molecule has 2 aliphatic heterocycles. The van der Waals surface area contributed by atoms with E-state index >= 15 is 0 Å². The van der Waals surface area contributed by atoms with Gasteiger partial charge >= 0.3 is 5.69 Å². The zero-order valence-electron chi connectivity index (χ0n) is 18.3. The first-order valence-corrected chi connectivity index (χ1v) is 11.0. The zero-order chi connectivity index (χ0) is 23.2. The van der Waals surface area contributed by atoms with Crippen LogP contribution in [0.3, 0.4) is 0 Å². The maximum Gasteiger partial charge on any atom is 0.311 e. The lowest BCUT2D eigenvalue weighted by Crippen LogP contribution is -2.49. The highest BCUT2D eigenvalue weighted by Gasteiger charge is 2.25. The molecule has 0 spiro atoms. The molecule has 2 fully saturated rings. The molecule has 2 saturated heterocycles. The number of morpholine rings is 1. The standard InChI is InChI=1S/C22H27FN6O4/c23-18-3-1-17(2-4-18)22(30)28-11-9-27(10-12-28)20-6-5-19(29(31)32)21(25-20)24-7-8-26-13-15-33-16-14-26/h1-6H,7-16H2,(H,24,25). The molecule has 0 unspecified atom stereocenters. The summed E-state index contributed by atoms with van der Waals surface area (Å²) in [7, 11) is 0. The first-order valence-electron chi connectivity index (χ1n) is 11.0. The molecule has 0 atom stereocenters. The van der Waals surface area contributed by atoms with Gasteiger partial charge in [-0.3, -0.25) is 19.8 Å². The van der Waals surface area contributed by atoms with Crippen LogP contribution in [0.2, 0.25) is 0 Å². The summed E-state index contributed by atoms with van der Waals surface area (Å²) in [5.41, 5.74) is 0.385. The van der Waals surface area contributed by atoms with E-state index in [4.69, 9.17) is 4.74 Å². The summed E-state index contributed by atoms with van der Waals surface area (Å²) >= 11 is 0. The van der Waals surface area contributed by atoms with E-state index in [0.29, 0.717) is 57.3 Å². The third-order valence-corrected chi connectivity index (χ3v) is 5.86. The highest BCUT2D eigenvalue weighted by atomic mass is 19.1. The minimum atomic E-state index is -0.437. The summed E-state index contributed by atoms with van der Waals surface area (Å²) < 4.78 is 18.5. The molecule has 33 heavy (non-hydrogen) atoms. The Morgan fingerprint density at radius 2 is 1.76 bits per heavy atom. The lowest BCUT2D eigenvalue weighted by atomic mass is 10.1. The van der Waals surface area contributed by atoms with Crippen LogP contribution in [0.1, 0.15) is 10.4 Å². The van der Waals surface area contributed by atoms with Crippen molar-refractivity contribution in [1.29, 1.82) is 0 Å². The van der Waals surface area contributed by atoms with Crippen LogP contribution in [-0.2, 0) is 4.74 Å². The van der Waals surface area contributed by atoms with Crippen molar-refractivity contribution in [2.45, 2.75) is 0 Å². The predicted molar refractivity (Wildman–Crippen MR) is 121 cm³/mol. The molecule has 0 saturated carbocycles. The Morgan fingerprint density at radius 1 is 1.06 bits per heavy atom. The second kappa shape index (κ2) is 10.5. The van der Waals surface area contributed by atoms with Gasteiger partial charge in [0.25, 0.3) is 5.91 Å². The highest BCUT2D eigenvalue weighted by Crippen LogP contribution is 2.26. The summed E-state index contributed by atoms with van der Waals surface area (Å²) in [6.07, 6.45) is 0. The van der Waals surface area contributed by atoms with Crippen molar-refractivity contribution in [2.75, 3.05) is 75.8 Å². The van der Waals surface area contributed by atoms with Gasteiger partial charge in [0.2, 0.25) is 5.82 Å². The van der Waals surface area contributed by atoms with Crippen LogP contribution in [0.4, 0.5) is 21.7 Å². The van der Waals surface area contributed by atoms with Gasteiger partial charge in [0.15, 0.2) is 0 Å². The summed E-state index contributed by atoms with van der Waals surface area (Å²) in [6.45, 7) is 6.43. The number of pyridine rings is 1. The maximum absolute atomic E-state index is 13.1. The van der Waals surface area contributed by atoms with Crippen molar-refractivity contribution in [3.63, 3.8) is 0 Å². The maximum atomic E-state index is 13.1. The van der Waals surface area contributed by atoms with Gasteiger partial charge in [0.05, 0.1) is 18.1 Å². The first kappa shape index (κ1) is 22.9. The molecule has 1 aromatic carbocycles. The molecule has 1 aromatic heterocycles. The molecule has 0 radical (unpaired) electrons. The van der Waals surface area contributed by atoms with Gasteiger partial charge < -0.3 is 19.9 Å². The van der Waals surface area contributed by atoms with Crippen molar-refractivity contribution in [3.05, 3.63) is 57.9 Å². The van der Waals surface area contributed by atoms with Crippen LogP contribution in [0.15, 0.2) is 36.4 Å². The number of carbonyl (C=O) groups is 1. The molecule has 11 heteroatoms. The van der Waals surface area contributed by atoms with Crippen LogP contribution in [-0.4, -0.2) is 91.2 Å². The van der Waals surface area contributed by atoms with E-state index in [9.17, 15) is 19.3 Å². The predicted octanol–water partition coefficient (Wildman–Crippen LogP) is 1.84. The van der Waals surface area contributed by atoms with Gasteiger partial charge in [0, 0.05) is 64.0 Å². The molecule has 2 aliphatic rings. The van der Waals surface area contributed by atoms with Gasteiger partial charge in [-0.15, -0.1) is 0 Å². The summed E-state index contributed by atoms with van der Waals surface area (Å²) in [5, 5.41) is 14.6. The third kappa shape index (κ3) is 5.74. The molecule has 3 heterocycles. The number of nitrogens with one attached hydrogen (secondary N) is 1. The Kier molecular flexibility index (Phi) is 7.30. The Labute approximate surface area is 191 Å². The summed E-state index contributed by atoms with van der Waals surface area (Å²) in [5.74, 6) is 0.352. The number of benzene rings is 1. The second-order valence-corrected chi connectivity index (χ2v) is 7.96. The Morgan fingerprint density at radius 3 is 2.42 bits per heavy atom. The van der Waals surface area contributed by atoms with E-state index in [-0.39, 0.29) is 23.2 Å². The lowest BCUT2D eigenvalue weighted by Gasteiger charge is -2.35. The van der Waals surface area contributed by atoms with Crippen molar-refractivity contribution in [3.8, 4) is 0 Å². The monoisotopic (exact) mass is 458 g/mol. The molecule has 1 N–H and O–H groups in total. The molecular formula is C22H27FN6O4. The van der Waals surface area contributed by atoms with E-state index in [1.807, 2.05) is 4.90 Å². The number of amides is 1.